The molecule has 0 saturated heterocycles. The number of aromatic nitrogens is 1. The van der Waals surface area contributed by atoms with E-state index in [9.17, 15) is 4.39 Å². The van der Waals surface area contributed by atoms with Crippen LogP contribution in [0.3, 0.4) is 0 Å². The standard InChI is InChI=1S/C13H14ClFN2O/c1-7(2)5-10-12(18-17-13(10)16)9-4-3-8(15)6-11(9)14/h3-4,6-7H,5H2,1-2H3,(H2,16,17). The van der Waals surface area contributed by atoms with Gasteiger partial charge in [-0.05, 0) is 30.5 Å². The molecule has 1 heterocycles. The van der Waals surface area contributed by atoms with Gasteiger partial charge in [0.25, 0.3) is 0 Å². The molecule has 0 aliphatic rings. The van der Waals surface area contributed by atoms with Gasteiger partial charge in [-0.2, -0.15) is 0 Å². The highest BCUT2D eigenvalue weighted by Crippen LogP contribution is 2.34. The predicted molar refractivity (Wildman–Crippen MR) is 69.9 cm³/mol. The highest BCUT2D eigenvalue weighted by Gasteiger charge is 2.19. The molecule has 0 spiro atoms. The number of halogens is 2. The van der Waals surface area contributed by atoms with Crippen LogP contribution >= 0.6 is 11.6 Å². The number of nitrogens with zero attached hydrogens (tertiary/aromatic N) is 1. The Labute approximate surface area is 110 Å². The van der Waals surface area contributed by atoms with Gasteiger partial charge in [-0.3, -0.25) is 0 Å². The summed E-state index contributed by atoms with van der Waals surface area (Å²) in [7, 11) is 0. The average molecular weight is 269 g/mol. The van der Waals surface area contributed by atoms with Gasteiger partial charge in [0.05, 0.1) is 5.02 Å². The predicted octanol–water partition coefficient (Wildman–Crippen LogP) is 3.91. The van der Waals surface area contributed by atoms with Gasteiger partial charge < -0.3 is 10.3 Å². The Hall–Kier alpha value is -1.55. The minimum absolute atomic E-state index is 0.288. The lowest BCUT2D eigenvalue weighted by Gasteiger charge is -2.06. The minimum atomic E-state index is -0.387. The van der Waals surface area contributed by atoms with Crippen molar-refractivity contribution < 1.29 is 8.91 Å². The number of hydrogen-bond donors (Lipinski definition) is 1. The highest BCUT2D eigenvalue weighted by atomic mass is 35.5. The molecule has 0 saturated carbocycles. The third kappa shape index (κ3) is 2.48. The van der Waals surface area contributed by atoms with Gasteiger partial charge in [-0.1, -0.05) is 30.6 Å². The van der Waals surface area contributed by atoms with E-state index < -0.39 is 0 Å². The van der Waals surface area contributed by atoms with Gasteiger partial charge in [-0.25, -0.2) is 4.39 Å². The zero-order chi connectivity index (χ0) is 13.3. The minimum Gasteiger partial charge on any atom is -0.381 e. The van der Waals surface area contributed by atoms with Gasteiger partial charge in [0.2, 0.25) is 0 Å². The first-order chi connectivity index (χ1) is 8.49. The van der Waals surface area contributed by atoms with E-state index in [1.165, 1.54) is 12.1 Å². The third-order valence-corrected chi connectivity index (χ3v) is 2.92. The smallest absolute Gasteiger partial charge is 0.173 e. The van der Waals surface area contributed by atoms with Gasteiger partial charge in [-0.15, -0.1) is 0 Å². The van der Waals surface area contributed by atoms with E-state index in [4.69, 9.17) is 21.9 Å². The molecule has 1 aromatic heterocycles. The molecule has 0 fully saturated rings. The van der Waals surface area contributed by atoms with Crippen molar-refractivity contribution in [1.82, 2.24) is 5.16 Å². The SMILES string of the molecule is CC(C)Cc1c(N)noc1-c1ccc(F)cc1Cl. The lowest BCUT2D eigenvalue weighted by molar-refractivity contribution is 0.434. The molecule has 2 aromatic rings. The van der Waals surface area contributed by atoms with Crippen molar-refractivity contribution in [1.29, 1.82) is 0 Å². The van der Waals surface area contributed by atoms with Crippen molar-refractivity contribution in [3.63, 3.8) is 0 Å². The summed E-state index contributed by atoms with van der Waals surface area (Å²) < 4.78 is 18.2. The van der Waals surface area contributed by atoms with E-state index in [0.29, 0.717) is 23.1 Å². The van der Waals surface area contributed by atoms with Crippen molar-refractivity contribution in [2.24, 2.45) is 5.92 Å². The van der Waals surface area contributed by atoms with Crippen molar-refractivity contribution in [3.8, 4) is 11.3 Å². The number of rotatable bonds is 3. The largest absolute Gasteiger partial charge is 0.381 e. The molecule has 96 valence electrons. The number of nitrogen functional groups attached to an aromatic ring is 1. The number of hydrogen-bond acceptors (Lipinski definition) is 3. The molecule has 0 radical (unpaired) electrons. The summed E-state index contributed by atoms with van der Waals surface area (Å²) in [6.07, 6.45) is 0.734. The normalized spacial score (nSPS) is 11.2. The summed E-state index contributed by atoms with van der Waals surface area (Å²) >= 11 is 6.01. The molecule has 0 bridgehead atoms. The Balaban J connectivity index is 2.50. The zero-order valence-corrected chi connectivity index (χ0v) is 11.0. The van der Waals surface area contributed by atoms with E-state index >= 15 is 0 Å². The maximum Gasteiger partial charge on any atom is 0.173 e. The molecule has 0 unspecified atom stereocenters. The van der Waals surface area contributed by atoms with E-state index in [1.807, 2.05) is 0 Å². The molecule has 0 aliphatic heterocycles. The van der Waals surface area contributed by atoms with Crippen LogP contribution in [0, 0.1) is 11.7 Å². The van der Waals surface area contributed by atoms with Crippen LogP contribution in [0.4, 0.5) is 10.2 Å². The number of benzene rings is 1. The maximum absolute atomic E-state index is 13.0. The van der Waals surface area contributed by atoms with Crippen molar-refractivity contribution in [2.45, 2.75) is 20.3 Å². The zero-order valence-electron chi connectivity index (χ0n) is 10.2. The first-order valence-corrected chi connectivity index (χ1v) is 6.06. The summed E-state index contributed by atoms with van der Waals surface area (Å²) in [6.45, 7) is 4.14. The van der Waals surface area contributed by atoms with Crippen LogP contribution in [0.5, 0.6) is 0 Å². The van der Waals surface area contributed by atoms with Gasteiger partial charge >= 0.3 is 0 Å². The third-order valence-electron chi connectivity index (χ3n) is 2.61. The Morgan fingerprint density at radius 1 is 1.44 bits per heavy atom. The molecule has 0 aliphatic carbocycles. The van der Waals surface area contributed by atoms with Crippen LogP contribution in [-0.2, 0) is 6.42 Å². The Bertz CT molecular complexity index is 566. The molecule has 0 amide bonds. The maximum atomic E-state index is 13.0. The monoisotopic (exact) mass is 268 g/mol. The summed E-state index contributed by atoms with van der Waals surface area (Å²) in [5.74, 6) is 0.900. The second-order valence-electron chi connectivity index (χ2n) is 4.60. The molecule has 2 N–H and O–H groups in total. The topological polar surface area (TPSA) is 52.0 Å². The van der Waals surface area contributed by atoms with E-state index in [2.05, 4.69) is 19.0 Å². The van der Waals surface area contributed by atoms with Crippen LogP contribution in [0.1, 0.15) is 19.4 Å². The van der Waals surface area contributed by atoms with Crippen LogP contribution in [0.2, 0.25) is 5.02 Å². The Kier molecular flexibility index (Phi) is 3.57. The van der Waals surface area contributed by atoms with E-state index in [-0.39, 0.29) is 10.8 Å². The van der Waals surface area contributed by atoms with Gasteiger partial charge in [0, 0.05) is 11.1 Å². The fourth-order valence-corrected chi connectivity index (χ4v) is 2.07. The second-order valence-corrected chi connectivity index (χ2v) is 5.00. The van der Waals surface area contributed by atoms with Crippen LogP contribution < -0.4 is 5.73 Å². The number of nitrogens with two attached hydrogens (primary N) is 1. The van der Waals surface area contributed by atoms with Crippen molar-refractivity contribution in [3.05, 3.63) is 34.6 Å². The summed E-state index contributed by atoms with van der Waals surface area (Å²) in [4.78, 5) is 0. The summed E-state index contributed by atoms with van der Waals surface area (Å²) in [5.41, 5.74) is 7.21. The quantitative estimate of drug-likeness (QED) is 0.918. The molecule has 3 nitrogen and oxygen atoms in total. The van der Waals surface area contributed by atoms with Crippen molar-refractivity contribution >= 4 is 17.4 Å². The van der Waals surface area contributed by atoms with Crippen LogP contribution in [0.15, 0.2) is 22.7 Å². The molecular weight excluding hydrogens is 255 g/mol. The van der Waals surface area contributed by atoms with E-state index in [1.54, 1.807) is 6.07 Å². The fourth-order valence-electron chi connectivity index (χ4n) is 1.81. The molecule has 5 heteroatoms. The first kappa shape index (κ1) is 12.9. The lowest BCUT2D eigenvalue weighted by Crippen LogP contribution is -1.99. The van der Waals surface area contributed by atoms with Crippen LogP contribution in [0.25, 0.3) is 11.3 Å². The van der Waals surface area contributed by atoms with Crippen LogP contribution in [-0.4, -0.2) is 5.16 Å². The first-order valence-electron chi connectivity index (χ1n) is 5.68. The molecule has 2 rings (SSSR count). The van der Waals surface area contributed by atoms with Gasteiger partial charge in [0.1, 0.15) is 5.82 Å². The van der Waals surface area contributed by atoms with Gasteiger partial charge in [0.15, 0.2) is 11.6 Å². The highest BCUT2D eigenvalue weighted by molar-refractivity contribution is 6.33. The Morgan fingerprint density at radius 2 is 2.17 bits per heavy atom. The second kappa shape index (κ2) is 4.98. The molecule has 18 heavy (non-hydrogen) atoms. The lowest BCUT2D eigenvalue weighted by atomic mass is 10.00. The molecule has 1 aromatic carbocycles. The Morgan fingerprint density at radius 3 is 2.78 bits per heavy atom. The van der Waals surface area contributed by atoms with E-state index in [0.717, 1.165) is 12.0 Å². The number of anilines is 1. The average Bonchev–Trinajstić information content (AvgIpc) is 2.60. The molecule has 0 atom stereocenters. The van der Waals surface area contributed by atoms with Crippen molar-refractivity contribution in [2.75, 3.05) is 5.73 Å². The summed E-state index contributed by atoms with van der Waals surface area (Å²) in [6, 6.07) is 4.15. The molecular formula is C13H14ClFN2O. The summed E-state index contributed by atoms with van der Waals surface area (Å²) in [5, 5.41) is 4.05. The fraction of sp³-hybridized carbons (Fsp3) is 0.308.